The maximum absolute atomic E-state index is 13.5. The van der Waals surface area contributed by atoms with Crippen LogP contribution in [0.15, 0.2) is 46.9 Å². The van der Waals surface area contributed by atoms with Crippen LogP contribution in [0.1, 0.15) is 26.3 Å². The highest BCUT2D eigenvalue weighted by atomic mass is 79.9. The van der Waals surface area contributed by atoms with Crippen LogP contribution in [-0.2, 0) is 6.54 Å². The Morgan fingerprint density at radius 1 is 1.00 bits per heavy atom. The monoisotopic (exact) mass is 333 g/mol. The molecule has 0 aromatic heterocycles. The number of fused-ring (bicyclic) bond motifs is 1. The first-order valence-corrected chi connectivity index (χ1v) is 6.76. The average Bonchev–Trinajstić information content (AvgIpc) is 2.69. The highest BCUT2D eigenvalue weighted by Gasteiger charge is 2.34. The summed E-state index contributed by atoms with van der Waals surface area (Å²) in [6.45, 7) is 0.0660. The number of halogens is 2. The quantitative estimate of drug-likeness (QED) is 0.790. The first kappa shape index (κ1) is 13.0. The van der Waals surface area contributed by atoms with Crippen molar-refractivity contribution in [3.05, 3.63) is 69.4 Å². The van der Waals surface area contributed by atoms with Crippen molar-refractivity contribution in [1.29, 1.82) is 0 Å². The molecule has 2 aromatic carbocycles. The maximum Gasteiger partial charge on any atom is 0.261 e. The highest BCUT2D eigenvalue weighted by Crippen LogP contribution is 2.25. The Balaban J connectivity index is 1.91. The second-order valence-electron chi connectivity index (χ2n) is 4.49. The molecule has 0 N–H and O–H groups in total. The van der Waals surface area contributed by atoms with Crippen LogP contribution in [-0.4, -0.2) is 16.7 Å². The molecule has 0 aliphatic carbocycles. The van der Waals surface area contributed by atoms with Gasteiger partial charge in [-0.05, 0) is 45.8 Å². The van der Waals surface area contributed by atoms with Crippen molar-refractivity contribution in [2.75, 3.05) is 0 Å². The van der Waals surface area contributed by atoms with Gasteiger partial charge in [0.25, 0.3) is 11.8 Å². The van der Waals surface area contributed by atoms with Gasteiger partial charge in [0, 0.05) is 0 Å². The third-order valence-electron chi connectivity index (χ3n) is 3.20. The second kappa shape index (κ2) is 4.83. The second-order valence-corrected chi connectivity index (χ2v) is 5.34. The van der Waals surface area contributed by atoms with E-state index in [4.69, 9.17) is 0 Å². The summed E-state index contributed by atoms with van der Waals surface area (Å²) in [5.41, 5.74) is 1.37. The van der Waals surface area contributed by atoms with Crippen LogP contribution in [0.2, 0.25) is 0 Å². The molecule has 1 heterocycles. The molecule has 0 radical (unpaired) electrons. The predicted molar refractivity (Wildman–Crippen MR) is 74.7 cm³/mol. The molecule has 0 saturated carbocycles. The molecular formula is C15H9BrFNO2. The minimum atomic E-state index is -0.417. The van der Waals surface area contributed by atoms with E-state index in [0.29, 0.717) is 21.2 Å². The molecule has 0 atom stereocenters. The minimum absolute atomic E-state index is 0.0660. The van der Waals surface area contributed by atoms with Crippen LogP contribution in [0.5, 0.6) is 0 Å². The largest absolute Gasteiger partial charge is 0.270 e. The summed E-state index contributed by atoms with van der Waals surface area (Å²) in [5.74, 6) is -1.10. The van der Waals surface area contributed by atoms with Gasteiger partial charge >= 0.3 is 0 Å². The fourth-order valence-electron chi connectivity index (χ4n) is 2.20. The van der Waals surface area contributed by atoms with E-state index < -0.39 is 5.82 Å². The Labute approximate surface area is 123 Å². The summed E-state index contributed by atoms with van der Waals surface area (Å²) < 4.78 is 13.8. The van der Waals surface area contributed by atoms with Crippen LogP contribution < -0.4 is 0 Å². The number of hydrogen-bond acceptors (Lipinski definition) is 2. The molecule has 0 fully saturated rings. The number of amides is 2. The Morgan fingerprint density at radius 3 is 2.15 bits per heavy atom. The zero-order valence-electron chi connectivity index (χ0n) is 10.3. The smallest absolute Gasteiger partial charge is 0.261 e. The first-order valence-electron chi connectivity index (χ1n) is 5.97. The zero-order chi connectivity index (χ0) is 14.3. The molecule has 100 valence electrons. The molecule has 20 heavy (non-hydrogen) atoms. The van der Waals surface area contributed by atoms with Crippen LogP contribution in [0, 0.1) is 5.82 Å². The van der Waals surface area contributed by atoms with Gasteiger partial charge in [-0.1, -0.05) is 18.2 Å². The molecule has 0 spiro atoms. The van der Waals surface area contributed by atoms with Crippen LogP contribution >= 0.6 is 15.9 Å². The lowest BCUT2D eigenvalue weighted by Crippen LogP contribution is -2.29. The molecular weight excluding hydrogens is 325 g/mol. The summed E-state index contributed by atoms with van der Waals surface area (Å²) in [5, 5.41) is 0. The van der Waals surface area contributed by atoms with Gasteiger partial charge in [-0.15, -0.1) is 0 Å². The summed E-state index contributed by atoms with van der Waals surface area (Å²) >= 11 is 3.07. The van der Waals surface area contributed by atoms with Crippen molar-refractivity contribution in [2.24, 2.45) is 0 Å². The Bertz CT molecular complexity index is 695. The Morgan fingerprint density at radius 2 is 1.60 bits per heavy atom. The number of carbonyl (C=O) groups excluding carboxylic acids is 2. The molecule has 3 nitrogen and oxygen atoms in total. The van der Waals surface area contributed by atoms with Crippen molar-refractivity contribution in [3.63, 3.8) is 0 Å². The number of benzene rings is 2. The molecule has 2 aromatic rings. The zero-order valence-corrected chi connectivity index (χ0v) is 11.9. The van der Waals surface area contributed by atoms with Crippen LogP contribution in [0.4, 0.5) is 4.39 Å². The molecule has 1 aliphatic rings. The van der Waals surface area contributed by atoms with Gasteiger partial charge in [-0.2, -0.15) is 0 Å². The molecule has 5 heteroatoms. The van der Waals surface area contributed by atoms with Crippen LogP contribution in [0.3, 0.4) is 0 Å². The van der Waals surface area contributed by atoms with E-state index in [-0.39, 0.29) is 18.4 Å². The molecule has 3 rings (SSSR count). The third kappa shape index (κ3) is 2.04. The normalized spacial score (nSPS) is 13.8. The SMILES string of the molecule is O=C1c2ccccc2C(=O)N1Cc1ccc(Br)c(F)c1. The van der Waals surface area contributed by atoms with E-state index in [1.807, 2.05) is 0 Å². The van der Waals surface area contributed by atoms with Crippen molar-refractivity contribution in [2.45, 2.75) is 6.54 Å². The van der Waals surface area contributed by atoms with Crippen molar-refractivity contribution in [3.8, 4) is 0 Å². The van der Waals surface area contributed by atoms with Crippen molar-refractivity contribution in [1.82, 2.24) is 4.90 Å². The van der Waals surface area contributed by atoms with Gasteiger partial charge in [0.2, 0.25) is 0 Å². The lowest BCUT2D eigenvalue weighted by Gasteiger charge is -2.14. The van der Waals surface area contributed by atoms with Gasteiger partial charge in [0.05, 0.1) is 22.1 Å². The number of rotatable bonds is 2. The molecule has 0 unspecified atom stereocenters. The number of imide groups is 1. The minimum Gasteiger partial charge on any atom is -0.270 e. The lowest BCUT2D eigenvalue weighted by molar-refractivity contribution is 0.0642. The van der Waals surface area contributed by atoms with Crippen molar-refractivity contribution >= 4 is 27.7 Å². The summed E-state index contributed by atoms with van der Waals surface area (Å²) in [4.78, 5) is 25.5. The number of carbonyl (C=O) groups is 2. The van der Waals surface area contributed by atoms with Crippen LogP contribution in [0.25, 0.3) is 0 Å². The van der Waals surface area contributed by atoms with E-state index in [0.717, 1.165) is 4.90 Å². The van der Waals surface area contributed by atoms with Gasteiger partial charge in [-0.25, -0.2) is 4.39 Å². The standard InChI is InChI=1S/C15H9BrFNO2/c16-12-6-5-9(7-13(12)17)8-18-14(19)10-3-1-2-4-11(10)15(18)20/h1-7H,8H2. The molecule has 2 amide bonds. The molecule has 0 saturated heterocycles. The maximum atomic E-state index is 13.5. The van der Waals surface area contributed by atoms with Gasteiger partial charge in [-0.3, -0.25) is 14.5 Å². The van der Waals surface area contributed by atoms with E-state index >= 15 is 0 Å². The fraction of sp³-hybridized carbons (Fsp3) is 0.0667. The highest BCUT2D eigenvalue weighted by molar-refractivity contribution is 9.10. The summed E-state index contributed by atoms with van der Waals surface area (Å²) in [6.07, 6.45) is 0. The number of nitrogens with zero attached hydrogens (tertiary/aromatic N) is 1. The molecule has 0 bridgehead atoms. The van der Waals surface area contributed by atoms with E-state index in [1.165, 1.54) is 6.07 Å². The topological polar surface area (TPSA) is 37.4 Å². The van der Waals surface area contributed by atoms with Gasteiger partial charge in [0.1, 0.15) is 5.82 Å². The number of hydrogen-bond donors (Lipinski definition) is 0. The summed E-state index contributed by atoms with van der Waals surface area (Å²) in [7, 11) is 0. The Hall–Kier alpha value is -2.01. The van der Waals surface area contributed by atoms with E-state index in [2.05, 4.69) is 15.9 Å². The predicted octanol–water partition coefficient (Wildman–Crippen LogP) is 3.38. The first-order chi connectivity index (χ1) is 9.58. The summed E-state index contributed by atoms with van der Waals surface area (Å²) in [6, 6.07) is 11.2. The third-order valence-corrected chi connectivity index (χ3v) is 3.85. The van der Waals surface area contributed by atoms with Gasteiger partial charge in [0.15, 0.2) is 0 Å². The van der Waals surface area contributed by atoms with E-state index in [9.17, 15) is 14.0 Å². The molecule has 1 aliphatic heterocycles. The lowest BCUT2D eigenvalue weighted by atomic mass is 10.1. The van der Waals surface area contributed by atoms with Gasteiger partial charge < -0.3 is 0 Å². The fourth-order valence-corrected chi connectivity index (χ4v) is 2.45. The average molecular weight is 334 g/mol. The van der Waals surface area contributed by atoms with Crippen molar-refractivity contribution < 1.29 is 14.0 Å². The Kier molecular flexibility index (Phi) is 3.14. The van der Waals surface area contributed by atoms with E-state index in [1.54, 1.807) is 36.4 Å².